The lowest BCUT2D eigenvalue weighted by molar-refractivity contribution is 0.590. The molecule has 2 aromatic rings. The first kappa shape index (κ1) is 14.6. The second-order valence-corrected chi connectivity index (χ2v) is 7.30. The number of hydrogen-bond donors (Lipinski definition) is 0. The lowest BCUT2D eigenvalue weighted by Gasteiger charge is -2.20. The zero-order valence-electron chi connectivity index (χ0n) is 11.9. The second-order valence-electron chi connectivity index (χ2n) is 4.51. The summed E-state index contributed by atoms with van der Waals surface area (Å²) >= 11 is 0. The molecule has 0 saturated heterocycles. The van der Waals surface area contributed by atoms with Crippen LogP contribution in [-0.2, 0) is 4.57 Å². The molecule has 0 aliphatic rings. The Morgan fingerprint density at radius 3 is 1.80 bits per heavy atom. The van der Waals surface area contributed by atoms with Crippen molar-refractivity contribution in [2.24, 2.45) is 0 Å². The molecule has 0 aliphatic heterocycles. The fraction of sp³-hybridized carbons (Fsp3) is 0.167. The SMILES string of the molecule is CC=C=C(CC)P(=O)(c1ccccc1)c1ccccc1. The van der Waals surface area contributed by atoms with E-state index in [2.05, 4.69) is 5.73 Å². The standard InChI is InChI=1S/C18H19OP/c1-3-11-16(4-2)20(19,17-12-7-5-8-13-17)18-14-9-6-10-15-18/h3,5-10,12-15H,4H2,1-2H3. The van der Waals surface area contributed by atoms with E-state index in [1.165, 1.54) is 0 Å². The van der Waals surface area contributed by atoms with Gasteiger partial charge in [0, 0.05) is 15.9 Å². The van der Waals surface area contributed by atoms with Gasteiger partial charge in [0.05, 0.1) is 0 Å². The first-order chi connectivity index (χ1) is 9.73. The van der Waals surface area contributed by atoms with Crippen molar-refractivity contribution in [3.8, 4) is 0 Å². The van der Waals surface area contributed by atoms with Crippen LogP contribution in [0.1, 0.15) is 20.3 Å². The number of allylic oxidation sites excluding steroid dienone is 1. The fourth-order valence-corrected chi connectivity index (χ4v) is 5.18. The summed E-state index contributed by atoms with van der Waals surface area (Å²) in [5.74, 6) is 0. The summed E-state index contributed by atoms with van der Waals surface area (Å²) in [6, 6.07) is 19.4. The highest BCUT2D eigenvalue weighted by Gasteiger charge is 2.30. The van der Waals surface area contributed by atoms with Crippen molar-refractivity contribution in [2.75, 3.05) is 0 Å². The summed E-state index contributed by atoms with van der Waals surface area (Å²) in [6.45, 7) is 3.94. The zero-order valence-corrected chi connectivity index (χ0v) is 12.8. The Bertz CT molecular complexity index is 622. The molecular weight excluding hydrogens is 263 g/mol. The van der Waals surface area contributed by atoms with E-state index in [1.54, 1.807) is 0 Å². The van der Waals surface area contributed by atoms with Gasteiger partial charge >= 0.3 is 0 Å². The molecular formula is C18H19OP. The van der Waals surface area contributed by atoms with E-state index in [0.29, 0.717) is 0 Å². The van der Waals surface area contributed by atoms with Crippen LogP contribution in [-0.4, -0.2) is 0 Å². The average molecular weight is 282 g/mol. The molecule has 0 radical (unpaired) electrons. The van der Waals surface area contributed by atoms with Crippen molar-refractivity contribution in [3.05, 3.63) is 77.8 Å². The van der Waals surface area contributed by atoms with Crippen LogP contribution in [0.3, 0.4) is 0 Å². The molecule has 0 aromatic heterocycles. The summed E-state index contributed by atoms with van der Waals surface area (Å²) in [5.41, 5.74) is 3.20. The van der Waals surface area contributed by atoms with Crippen LogP contribution >= 0.6 is 7.14 Å². The van der Waals surface area contributed by atoms with Gasteiger partial charge in [-0.05, 0) is 19.4 Å². The Morgan fingerprint density at radius 1 is 1.00 bits per heavy atom. The van der Waals surface area contributed by atoms with Crippen LogP contribution < -0.4 is 10.6 Å². The van der Waals surface area contributed by atoms with Gasteiger partial charge < -0.3 is 4.57 Å². The van der Waals surface area contributed by atoms with E-state index in [0.717, 1.165) is 22.3 Å². The molecule has 0 fully saturated rings. The van der Waals surface area contributed by atoms with Crippen molar-refractivity contribution in [3.63, 3.8) is 0 Å². The normalized spacial score (nSPS) is 10.7. The Balaban J connectivity index is 2.74. The highest BCUT2D eigenvalue weighted by atomic mass is 31.2. The molecule has 0 saturated carbocycles. The highest BCUT2D eigenvalue weighted by molar-refractivity contribution is 7.82. The Morgan fingerprint density at radius 2 is 1.45 bits per heavy atom. The molecule has 0 amide bonds. The van der Waals surface area contributed by atoms with Crippen LogP contribution in [0.15, 0.2) is 77.8 Å². The van der Waals surface area contributed by atoms with Gasteiger partial charge in [0.1, 0.15) is 0 Å². The Labute approximate surface area is 121 Å². The van der Waals surface area contributed by atoms with Crippen LogP contribution in [0.5, 0.6) is 0 Å². The topological polar surface area (TPSA) is 17.1 Å². The predicted octanol–water partition coefficient (Wildman–Crippen LogP) is 4.47. The van der Waals surface area contributed by atoms with Crippen LogP contribution in [0.2, 0.25) is 0 Å². The quantitative estimate of drug-likeness (QED) is 0.597. The maximum absolute atomic E-state index is 13.8. The molecule has 102 valence electrons. The molecule has 20 heavy (non-hydrogen) atoms. The largest absolute Gasteiger partial charge is 0.308 e. The maximum atomic E-state index is 13.8. The Hall–Kier alpha value is -1.81. The van der Waals surface area contributed by atoms with Crippen molar-refractivity contribution < 1.29 is 4.57 Å². The maximum Gasteiger partial charge on any atom is 0.174 e. The third-order valence-corrected chi connectivity index (χ3v) is 6.52. The van der Waals surface area contributed by atoms with E-state index < -0.39 is 7.14 Å². The highest BCUT2D eigenvalue weighted by Crippen LogP contribution is 2.52. The monoisotopic (exact) mass is 282 g/mol. The molecule has 0 bridgehead atoms. The Kier molecular flexibility index (Phi) is 4.79. The van der Waals surface area contributed by atoms with Crippen molar-refractivity contribution in [1.29, 1.82) is 0 Å². The van der Waals surface area contributed by atoms with Gasteiger partial charge in [0.2, 0.25) is 0 Å². The van der Waals surface area contributed by atoms with Gasteiger partial charge in [0.15, 0.2) is 7.14 Å². The second kappa shape index (κ2) is 6.57. The van der Waals surface area contributed by atoms with E-state index in [1.807, 2.05) is 80.6 Å². The van der Waals surface area contributed by atoms with Gasteiger partial charge in [-0.25, -0.2) is 0 Å². The lowest BCUT2D eigenvalue weighted by atomic mass is 10.4. The van der Waals surface area contributed by atoms with Gasteiger partial charge in [-0.1, -0.05) is 67.6 Å². The molecule has 0 N–H and O–H groups in total. The van der Waals surface area contributed by atoms with Crippen molar-refractivity contribution in [2.45, 2.75) is 20.3 Å². The third kappa shape index (κ3) is 2.70. The van der Waals surface area contributed by atoms with E-state index in [4.69, 9.17) is 0 Å². The minimum atomic E-state index is -2.78. The molecule has 2 heteroatoms. The zero-order chi connectivity index (χ0) is 14.4. The minimum absolute atomic E-state index is 0.728. The van der Waals surface area contributed by atoms with Crippen molar-refractivity contribution >= 4 is 17.8 Å². The summed E-state index contributed by atoms with van der Waals surface area (Å²) in [5, 5.41) is 2.62. The first-order valence-electron chi connectivity index (χ1n) is 6.85. The smallest absolute Gasteiger partial charge is 0.174 e. The van der Waals surface area contributed by atoms with Crippen LogP contribution in [0, 0.1) is 0 Å². The third-order valence-electron chi connectivity index (χ3n) is 3.27. The van der Waals surface area contributed by atoms with Gasteiger partial charge in [-0.15, -0.1) is 5.73 Å². The summed E-state index contributed by atoms with van der Waals surface area (Å²) in [7, 11) is -2.78. The van der Waals surface area contributed by atoms with Crippen molar-refractivity contribution in [1.82, 2.24) is 0 Å². The van der Waals surface area contributed by atoms with E-state index in [9.17, 15) is 4.57 Å². The van der Waals surface area contributed by atoms with Crippen LogP contribution in [0.4, 0.5) is 0 Å². The van der Waals surface area contributed by atoms with Gasteiger partial charge in [0.25, 0.3) is 0 Å². The molecule has 2 aromatic carbocycles. The number of benzene rings is 2. The molecule has 2 rings (SSSR count). The molecule has 0 spiro atoms. The van der Waals surface area contributed by atoms with E-state index in [-0.39, 0.29) is 0 Å². The lowest BCUT2D eigenvalue weighted by Crippen LogP contribution is -2.16. The van der Waals surface area contributed by atoms with Crippen LogP contribution in [0.25, 0.3) is 0 Å². The fourth-order valence-electron chi connectivity index (χ4n) is 2.32. The van der Waals surface area contributed by atoms with Gasteiger partial charge in [-0.2, -0.15) is 0 Å². The van der Waals surface area contributed by atoms with Gasteiger partial charge in [-0.3, -0.25) is 0 Å². The summed E-state index contributed by atoms with van der Waals surface area (Å²) in [4.78, 5) is 0. The molecule has 0 atom stereocenters. The minimum Gasteiger partial charge on any atom is -0.308 e. The summed E-state index contributed by atoms with van der Waals surface area (Å²) in [6.07, 6.45) is 2.57. The summed E-state index contributed by atoms with van der Waals surface area (Å²) < 4.78 is 13.8. The number of hydrogen-bond acceptors (Lipinski definition) is 1. The average Bonchev–Trinajstić information content (AvgIpc) is 2.53. The molecule has 0 aliphatic carbocycles. The molecule has 0 unspecified atom stereocenters. The van der Waals surface area contributed by atoms with E-state index >= 15 is 0 Å². The molecule has 0 heterocycles. The number of rotatable bonds is 4. The molecule has 1 nitrogen and oxygen atoms in total. The first-order valence-corrected chi connectivity index (χ1v) is 8.56. The predicted molar refractivity (Wildman–Crippen MR) is 87.3 cm³/mol.